The zero-order valence-electron chi connectivity index (χ0n) is 14.8. The average Bonchev–Trinajstić information content (AvgIpc) is 2.99. The van der Waals surface area contributed by atoms with Crippen molar-refractivity contribution in [3.63, 3.8) is 0 Å². The molecule has 144 valence electrons. The van der Waals surface area contributed by atoms with Crippen LogP contribution in [0, 0.1) is 22.0 Å². The molecule has 1 heterocycles. The van der Waals surface area contributed by atoms with Crippen LogP contribution in [0.3, 0.4) is 0 Å². The number of hydrogen-bond donors (Lipinski definition) is 2. The van der Waals surface area contributed by atoms with Gasteiger partial charge in [0.25, 0.3) is 5.69 Å². The lowest BCUT2D eigenvalue weighted by Gasteiger charge is -2.30. The van der Waals surface area contributed by atoms with E-state index in [0.29, 0.717) is 31.4 Å². The number of benzene rings is 1. The smallest absolute Gasteiger partial charge is 0.326 e. The highest BCUT2D eigenvalue weighted by Crippen LogP contribution is 2.50. The first-order valence-electron chi connectivity index (χ1n) is 8.92. The first-order chi connectivity index (χ1) is 12.9. The maximum absolute atomic E-state index is 12.7. The Morgan fingerprint density at radius 1 is 1.41 bits per heavy atom. The molecule has 0 bridgehead atoms. The fourth-order valence-electron chi connectivity index (χ4n) is 4.40. The first kappa shape index (κ1) is 18.8. The number of nitrogens with one attached hydrogen (secondary N) is 1. The summed E-state index contributed by atoms with van der Waals surface area (Å²) in [4.78, 5) is 49.2. The van der Waals surface area contributed by atoms with Crippen LogP contribution in [-0.4, -0.2) is 45.3 Å². The number of amides is 2. The maximum atomic E-state index is 12.7. The second-order valence-electron chi connectivity index (χ2n) is 6.87. The Morgan fingerprint density at radius 2 is 2.15 bits per heavy atom. The number of nitro groups is 1. The molecule has 0 spiro atoms. The van der Waals surface area contributed by atoms with Crippen molar-refractivity contribution in [3.8, 4) is 0 Å². The summed E-state index contributed by atoms with van der Waals surface area (Å²) in [6, 6.07) is 3.17. The zero-order valence-corrected chi connectivity index (χ0v) is 14.8. The van der Waals surface area contributed by atoms with E-state index in [1.807, 2.05) is 0 Å². The number of nitrogens with zero attached hydrogens (tertiary/aromatic N) is 2. The van der Waals surface area contributed by atoms with Crippen molar-refractivity contribution in [1.29, 1.82) is 0 Å². The van der Waals surface area contributed by atoms with E-state index < -0.39 is 40.8 Å². The molecule has 2 amide bonds. The molecule has 27 heavy (non-hydrogen) atoms. The van der Waals surface area contributed by atoms with Crippen molar-refractivity contribution < 1.29 is 24.4 Å². The number of carboxylic acid groups (broad SMARTS) is 1. The Kier molecular flexibility index (Phi) is 5.11. The monoisotopic (exact) mass is 375 g/mol. The highest BCUT2D eigenvalue weighted by atomic mass is 16.6. The molecule has 1 saturated carbocycles. The molecule has 4 atom stereocenters. The lowest BCUT2D eigenvalue weighted by atomic mass is 9.74. The van der Waals surface area contributed by atoms with Crippen molar-refractivity contribution in [1.82, 2.24) is 10.2 Å². The third-order valence-corrected chi connectivity index (χ3v) is 5.38. The Balaban J connectivity index is 2.14. The van der Waals surface area contributed by atoms with Gasteiger partial charge in [-0.1, -0.05) is 12.1 Å². The minimum absolute atomic E-state index is 0.0965. The van der Waals surface area contributed by atoms with Crippen LogP contribution in [0.2, 0.25) is 0 Å². The number of ketones is 1. The number of fused-ring (bicyclic) bond motifs is 1. The SMILES string of the molecule is CCNC(=O)N1C(C(=O)O)C2CCCC(=O)C2C1c1cccc([N+](=O)[O-])c1. The molecule has 0 aromatic heterocycles. The van der Waals surface area contributed by atoms with E-state index in [1.54, 1.807) is 13.0 Å². The molecule has 9 nitrogen and oxygen atoms in total. The quantitative estimate of drug-likeness (QED) is 0.612. The fourth-order valence-corrected chi connectivity index (χ4v) is 4.40. The molecule has 1 aliphatic carbocycles. The Bertz CT molecular complexity index is 795. The lowest BCUT2D eigenvalue weighted by molar-refractivity contribution is -0.385. The summed E-state index contributed by atoms with van der Waals surface area (Å²) >= 11 is 0. The molecule has 3 rings (SSSR count). The van der Waals surface area contributed by atoms with E-state index in [0.717, 1.165) is 0 Å². The van der Waals surface area contributed by atoms with Gasteiger partial charge in [-0.25, -0.2) is 9.59 Å². The average molecular weight is 375 g/mol. The highest BCUT2D eigenvalue weighted by Gasteiger charge is 2.57. The molecule has 0 radical (unpaired) electrons. The van der Waals surface area contributed by atoms with Crippen LogP contribution in [-0.2, 0) is 9.59 Å². The summed E-state index contributed by atoms with van der Waals surface area (Å²) in [5, 5.41) is 23.6. The van der Waals surface area contributed by atoms with Crippen molar-refractivity contribution in [3.05, 3.63) is 39.9 Å². The number of Topliss-reactive ketones (excluding diaryl/α,β-unsaturated/α-hetero) is 1. The number of nitro benzene ring substituents is 1. The molecule has 2 aliphatic rings. The van der Waals surface area contributed by atoms with E-state index in [-0.39, 0.29) is 11.5 Å². The third kappa shape index (κ3) is 3.24. The van der Waals surface area contributed by atoms with Crippen LogP contribution in [0.5, 0.6) is 0 Å². The number of hydrogen-bond acceptors (Lipinski definition) is 5. The molecule has 2 N–H and O–H groups in total. The van der Waals surface area contributed by atoms with Gasteiger partial charge in [0, 0.05) is 36.9 Å². The number of aliphatic carboxylic acids is 1. The standard InChI is InChI=1S/C18H21N3O6/c1-2-19-18(25)20-15(10-5-3-6-11(9-10)21(26)27)14-12(16(20)17(23)24)7-4-8-13(14)22/h3,5-6,9,12,14-16H,2,4,7-8H2,1H3,(H,19,25)(H,23,24). The van der Waals surface area contributed by atoms with Gasteiger partial charge in [0.2, 0.25) is 0 Å². The van der Waals surface area contributed by atoms with E-state index in [1.165, 1.54) is 23.1 Å². The van der Waals surface area contributed by atoms with Gasteiger partial charge in [0.05, 0.1) is 11.0 Å². The van der Waals surface area contributed by atoms with E-state index in [4.69, 9.17) is 0 Å². The minimum atomic E-state index is -1.17. The van der Waals surface area contributed by atoms with Gasteiger partial charge in [0.15, 0.2) is 0 Å². The molecule has 1 saturated heterocycles. The Morgan fingerprint density at radius 3 is 2.78 bits per heavy atom. The van der Waals surface area contributed by atoms with Gasteiger partial charge in [-0.3, -0.25) is 14.9 Å². The zero-order chi connectivity index (χ0) is 19.7. The second-order valence-corrected chi connectivity index (χ2v) is 6.87. The summed E-state index contributed by atoms with van der Waals surface area (Å²) < 4.78 is 0. The number of carbonyl (C=O) groups excluding carboxylic acids is 2. The van der Waals surface area contributed by atoms with Crippen LogP contribution in [0.1, 0.15) is 37.8 Å². The second kappa shape index (κ2) is 7.34. The van der Waals surface area contributed by atoms with Crippen molar-refractivity contribution in [2.75, 3.05) is 6.54 Å². The summed E-state index contributed by atoms with van der Waals surface area (Å²) in [5.74, 6) is -2.44. The summed E-state index contributed by atoms with van der Waals surface area (Å²) in [7, 11) is 0. The number of carboxylic acids is 1. The minimum Gasteiger partial charge on any atom is -0.480 e. The Labute approximate surface area is 155 Å². The summed E-state index contributed by atoms with van der Waals surface area (Å²) in [5.41, 5.74) is 0.242. The van der Waals surface area contributed by atoms with Crippen LogP contribution in [0.15, 0.2) is 24.3 Å². The van der Waals surface area contributed by atoms with Crippen molar-refractivity contribution in [2.24, 2.45) is 11.8 Å². The number of likely N-dealkylation sites (tertiary alicyclic amines) is 1. The molecule has 4 unspecified atom stereocenters. The normalized spacial score (nSPS) is 27.1. The molecule has 2 fully saturated rings. The number of carbonyl (C=O) groups is 3. The Hall–Kier alpha value is -2.97. The fraction of sp³-hybridized carbons (Fsp3) is 0.500. The van der Waals surface area contributed by atoms with Crippen molar-refractivity contribution in [2.45, 2.75) is 38.3 Å². The molecule has 1 aromatic rings. The van der Waals surface area contributed by atoms with E-state index in [2.05, 4.69) is 5.32 Å². The van der Waals surface area contributed by atoms with Crippen LogP contribution >= 0.6 is 0 Å². The van der Waals surface area contributed by atoms with Crippen molar-refractivity contribution >= 4 is 23.5 Å². The summed E-state index contributed by atoms with van der Waals surface area (Å²) in [6.07, 6.45) is 1.42. The molecule has 1 aliphatic heterocycles. The van der Waals surface area contributed by atoms with Crippen LogP contribution in [0.4, 0.5) is 10.5 Å². The number of urea groups is 1. The number of rotatable bonds is 4. The third-order valence-electron chi connectivity index (χ3n) is 5.38. The molecule has 9 heteroatoms. The van der Waals surface area contributed by atoms with Crippen LogP contribution < -0.4 is 5.32 Å². The predicted octanol–water partition coefficient (Wildman–Crippen LogP) is 2.12. The van der Waals surface area contributed by atoms with Gasteiger partial charge in [0.1, 0.15) is 11.8 Å². The molecule has 1 aromatic carbocycles. The van der Waals surface area contributed by atoms with Gasteiger partial charge in [-0.2, -0.15) is 0 Å². The lowest BCUT2D eigenvalue weighted by Crippen LogP contribution is -2.48. The van der Waals surface area contributed by atoms with Gasteiger partial charge in [-0.15, -0.1) is 0 Å². The van der Waals surface area contributed by atoms with Gasteiger partial charge in [-0.05, 0) is 25.3 Å². The van der Waals surface area contributed by atoms with E-state index >= 15 is 0 Å². The van der Waals surface area contributed by atoms with Crippen LogP contribution in [0.25, 0.3) is 0 Å². The largest absolute Gasteiger partial charge is 0.480 e. The maximum Gasteiger partial charge on any atom is 0.326 e. The molecular weight excluding hydrogens is 354 g/mol. The predicted molar refractivity (Wildman–Crippen MR) is 94.0 cm³/mol. The van der Waals surface area contributed by atoms with Gasteiger partial charge < -0.3 is 15.3 Å². The topological polar surface area (TPSA) is 130 Å². The summed E-state index contributed by atoms with van der Waals surface area (Å²) in [6.45, 7) is 2.01. The van der Waals surface area contributed by atoms with Gasteiger partial charge >= 0.3 is 12.0 Å². The highest BCUT2D eigenvalue weighted by molar-refractivity contribution is 5.90. The van der Waals surface area contributed by atoms with E-state index in [9.17, 15) is 29.6 Å². The molecular formula is C18H21N3O6. The number of non-ortho nitro benzene ring substituents is 1. The first-order valence-corrected chi connectivity index (χ1v) is 8.92.